The summed E-state index contributed by atoms with van der Waals surface area (Å²) < 4.78 is 5.19. The van der Waals surface area contributed by atoms with E-state index in [0.717, 1.165) is 30.4 Å². The third-order valence-corrected chi connectivity index (χ3v) is 2.68. The highest BCUT2D eigenvalue weighted by Crippen LogP contribution is 2.29. The topological polar surface area (TPSA) is 45.9 Å². The Morgan fingerprint density at radius 3 is 2.71 bits per heavy atom. The Morgan fingerprint density at radius 2 is 2.07 bits per heavy atom. The lowest BCUT2D eigenvalue weighted by Crippen LogP contribution is -2.08. The monoisotopic (exact) mass is 188 g/mol. The number of ether oxygens (including phenoxy) is 1. The molecule has 1 aliphatic carbocycles. The number of pyridine rings is 1. The van der Waals surface area contributed by atoms with Crippen LogP contribution >= 0.6 is 0 Å². The summed E-state index contributed by atoms with van der Waals surface area (Å²) >= 11 is 0. The Balaban J connectivity index is 2.57. The molecule has 1 aromatic rings. The summed E-state index contributed by atoms with van der Waals surface area (Å²) in [5.41, 5.74) is 2.99. The van der Waals surface area contributed by atoms with Gasteiger partial charge in [-0.3, -0.25) is 0 Å². The second-order valence-electron chi connectivity index (χ2n) is 3.46. The van der Waals surface area contributed by atoms with Crippen LogP contribution in [0.15, 0.2) is 6.20 Å². The van der Waals surface area contributed by atoms with Crippen molar-refractivity contribution in [3.8, 4) is 11.9 Å². The van der Waals surface area contributed by atoms with Crippen LogP contribution in [-0.4, -0.2) is 12.1 Å². The molecule has 0 radical (unpaired) electrons. The molecule has 72 valence electrons. The maximum atomic E-state index is 8.93. The molecule has 0 amide bonds. The van der Waals surface area contributed by atoms with Crippen LogP contribution in [0.3, 0.4) is 0 Å². The lowest BCUT2D eigenvalue weighted by atomic mass is 9.90. The minimum Gasteiger partial charge on any atom is -0.481 e. The maximum Gasteiger partial charge on any atom is 0.216 e. The summed E-state index contributed by atoms with van der Waals surface area (Å²) in [7, 11) is 1.63. The van der Waals surface area contributed by atoms with Gasteiger partial charge in [-0.15, -0.1) is 0 Å². The van der Waals surface area contributed by atoms with Crippen LogP contribution < -0.4 is 4.74 Å². The van der Waals surface area contributed by atoms with E-state index < -0.39 is 0 Å². The third kappa shape index (κ3) is 1.33. The van der Waals surface area contributed by atoms with Gasteiger partial charge < -0.3 is 4.74 Å². The Morgan fingerprint density at radius 1 is 1.36 bits per heavy atom. The molecule has 0 unspecified atom stereocenters. The summed E-state index contributed by atoms with van der Waals surface area (Å²) in [6.07, 6.45) is 5.91. The van der Waals surface area contributed by atoms with E-state index in [2.05, 4.69) is 11.1 Å². The Bertz CT molecular complexity index is 393. The van der Waals surface area contributed by atoms with Crippen LogP contribution in [0.4, 0.5) is 0 Å². The Labute approximate surface area is 83.3 Å². The third-order valence-electron chi connectivity index (χ3n) is 2.68. The molecule has 1 aliphatic rings. The van der Waals surface area contributed by atoms with E-state index in [1.807, 2.05) is 0 Å². The van der Waals surface area contributed by atoms with Crippen molar-refractivity contribution in [2.75, 3.05) is 7.11 Å². The molecule has 0 saturated heterocycles. The first-order valence-electron chi connectivity index (χ1n) is 4.81. The van der Waals surface area contributed by atoms with E-state index in [4.69, 9.17) is 10.00 Å². The lowest BCUT2D eigenvalue weighted by molar-refractivity contribution is 0.389. The number of nitrogens with zero attached hydrogens (tertiary/aromatic N) is 2. The molecule has 0 aliphatic heterocycles. The normalized spacial score (nSPS) is 14.3. The quantitative estimate of drug-likeness (QED) is 0.675. The zero-order valence-corrected chi connectivity index (χ0v) is 8.21. The van der Waals surface area contributed by atoms with Crippen molar-refractivity contribution in [2.45, 2.75) is 25.7 Å². The number of nitriles is 1. The van der Waals surface area contributed by atoms with Gasteiger partial charge in [0.1, 0.15) is 6.07 Å². The van der Waals surface area contributed by atoms with Crippen molar-refractivity contribution in [2.24, 2.45) is 0 Å². The zero-order valence-electron chi connectivity index (χ0n) is 8.21. The van der Waals surface area contributed by atoms with Gasteiger partial charge >= 0.3 is 0 Å². The fourth-order valence-corrected chi connectivity index (χ4v) is 1.99. The molecule has 0 aromatic carbocycles. The predicted octanol–water partition coefficient (Wildman–Crippen LogP) is 1.84. The van der Waals surface area contributed by atoms with Crippen molar-refractivity contribution in [3.05, 3.63) is 22.9 Å². The number of fused-ring (bicyclic) bond motifs is 1. The summed E-state index contributed by atoms with van der Waals surface area (Å²) in [5.74, 6) is 0.693. The number of rotatable bonds is 1. The smallest absolute Gasteiger partial charge is 0.216 e. The average molecular weight is 188 g/mol. The first kappa shape index (κ1) is 9.01. The molecule has 0 saturated carbocycles. The van der Waals surface area contributed by atoms with Gasteiger partial charge in [0.05, 0.1) is 12.7 Å². The van der Waals surface area contributed by atoms with Gasteiger partial charge in [-0.1, -0.05) is 0 Å². The number of hydrogen-bond donors (Lipinski definition) is 0. The summed E-state index contributed by atoms with van der Waals surface area (Å²) in [6, 6.07) is 2.19. The fraction of sp³-hybridized carbons (Fsp3) is 0.455. The van der Waals surface area contributed by atoms with Crippen LogP contribution in [-0.2, 0) is 12.8 Å². The maximum absolute atomic E-state index is 8.93. The van der Waals surface area contributed by atoms with E-state index in [1.165, 1.54) is 6.42 Å². The minimum absolute atomic E-state index is 0.693. The molecule has 0 fully saturated rings. The molecule has 0 bridgehead atoms. The first-order chi connectivity index (χ1) is 6.86. The van der Waals surface area contributed by atoms with E-state index >= 15 is 0 Å². The van der Waals surface area contributed by atoms with Gasteiger partial charge in [0.25, 0.3) is 0 Å². The van der Waals surface area contributed by atoms with E-state index in [-0.39, 0.29) is 0 Å². The molecule has 1 heterocycles. The standard InChI is InChI=1S/C11H12N2O/c1-14-11-10-5-3-2-4-9(10)8(6-12)7-13-11/h7H,2-5H2,1H3. The van der Waals surface area contributed by atoms with Gasteiger partial charge in [0, 0.05) is 11.8 Å². The van der Waals surface area contributed by atoms with E-state index in [9.17, 15) is 0 Å². The predicted molar refractivity (Wildman–Crippen MR) is 52.1 cm³/mol. The number of aromatic nitrogens is 1. The first-order valence-corrected chi connectivity index (χ1v) is 4.81. The second kappa shape index (κ2) is 3.67. The van der Waals surface area contributed by atoms with Crippen molar-refractivity contribution in [1.29, 1.82) is 5.26 Å². The molecular weight excluding hydrogens is 176 g/mol. The average Bonchev–Trinajstić information content (AvgIpc) is 2.27. The highest BCUT2D eigenvalue weighted by molar-refractivity contribution is 5.46. The van der Waals surface area contributed by atoms with Crippen molar-refractivity contribution < 1.29 is 4.74 Å². The SMILES string of the molecule is COc1ncc(C#N)c2c1CCCC2. The largest absolute Gasteiger partial charge is 0.481 e. The summed E-state index contributed by atoms with van der Waals surface area (Å²) in [5, 5.41) is 8.93. The molecule has 3 nitrogen and oxygen atoms in total. The van der Waals surface area contributed by atoms with E-state index in [0.29, 0.717) is 11.4 Å². The van der Waals surface area contributed by atoms with Crippen LogP contribution in [0.5, 0.6) is 5.88 Å². The van der Waals surface area contributed by atoms with Crippen LogP contribution in [0.1, 0.15) is 29.5 Å². The lowest BCUT2D eigenvalue weighted by Gasteiger charge is -2.18. The molecule has 0 spiro atoms. The molecule has 2 rings (SSSR count). The zero-order chi connectivity index (χ0) is 9.97. The Kier molecular flexibility index (Phi) is 2.36. The molecule has 14 heavy (non-hydrogen) atoms. The van der Waals surface area contributed by atoms with Gasteiger partial charge in [-0.05, 0) is 31.2 Å². The van der Waals surface area contributed by atoms with Gasteiger partial charge in [-0.25, -0.2) is 4.98 Å². The Hall–Kier alpha value is -1.56. The highest BCUT2D eigenvalue weighted by Gasteiger charge is 2.18. The molecule has 3 heteroatoms. The van der Waals surface area contributed by atoms with Gasteiger partial charge in [0.2, 0.25) is 5.88 Å². The highest BCUT2D eigenvalue weighted by atomic mass is 16.5. The molecule has 0 N–H and O–H groups in total. The fourth-order valence-electron chi connectivity index (χ4n) is 1.99. The van der Waals surface area contributed by atoms with Crippen LogP contribution in [0.25, 0.3) is 0 Å². The summed E-state index contributed by atoms with van der Waals surface area (Å²) in [4.78, 5) is 4.14. The van der Waals surface area contributed by atoms with Crippen LogP contribution in [0.2, 0.25) is 0 Å². The van der Waals surface area contributed by atoms with Crippen molar-refractivity contribution >= 4 is 0 Å². The molecule has 0 atom stereocenters. The van der Waals surface area contributed by atoms with Crippen molar-refractivity contribution in [1.82, 2.24) is 4.98 Å². The molecule has 1 aromatic heterocycles. The van der Waals surface area contributed by atoms with Crippen LogP contribution in [0, 0.1) is 11.3 Å². The second-order valence-corrected chi connectivity index (χ2v) is 3.46. The minimum atomic E-state index is 0.693. The molecular formula is C11H12N2O. The van der Waals surface area contributed by atoms with Crippen molar-refractivity contribution in [3.63, 3.8) is 0 Å². The number of hydrogen-bond acceptors (Lipinski definition) is 3. The number of methoxy groups -OCH3 is 1. The van der Waals surface area contributed by atoms with Gasteiger partial charge in [0.15, 0.2) is 0 Å². The van der Waals surface area contributed by atoms with Gasteiger partial charge in [-0.2, -0.15) is 5.26 Å². The summed E-state index contributed by atoms with van der Waals surface area (Å²) in [6.45, 7) is 0. The van der Waals surface area contributed by atoms with E-state index in [1.54, 1.807) is 13.3 Å².